The number of amides is 1. The fourth-order valence-electron chi connectivity index (χ4n) is 2.15. The Labute approximate surface area is 126 Å². The van der Waals surface area contributed by atoms with E-state index < -0.39 is 23.2 Å². The van der Waals surface area contributed by atoms with E-state index in [0.29, 0.717) is 5.69 Å². The van der Waals surface area contributed by atoms with Crippen LogP contribution in [0.5, 0.6) is 0 Å². The molecular formula is C15H16FN3O3. The van der Waals surface area contributed by atoms with Crippen molar-refractivity contribution in [1.29, 1.82) is 0 Å². The first-order valence-electron chi connectivity index (χ1n) is 6.56. The first kappa shape index (κ1) is 15.7. The SMILES string of the molecule is Cc1nn(C)cc1C(=O)NC(C)(C(=O)O)c1ccc(F)cc1. The van der Waals surface area contributed by atoms with Gasteiger partial charge in [0.25, 0.3) is 5.91 Å². The van der Waals surface area contributed by atoms with Crippen LogP contribution in [0.4, 0.5) is 4.39 Å². The fourth-order valence-corrected chi connectivity index (χ4v) is 2.15. The average Bonchev–Trinajstić information content (AvgIpc) is 2.78. The maximum absolute atomic E-state index is 13.0. The highest BCUT2D eigenvalue weighted by molar-refractivity contribution is 5.98. The number of carboxylic acid groups (broad SMARTS) is 1. The number of halogens is 1. The van der Waals surface area contributed by atoms with Crippen molar-refractivity contribution < 1.29 is 19.1 Å². The molecule has 2 N–H and O–H groups in total. The fraction of sp³-hybridized carbons (Fsp3) is 0.267. The van der Waals surface area contributed by atoms with Crippen molar-refractivity contribution in [3.05, 3.63) is 53.1 Å². The van der Waals surface area contributed by atoms with Gasteiger partial charge in [-0.3, -0.25) is 9.48 Å². The number of hydrogen-bond acceptors (Lipinski definition) is 3. The maximum Gasteiger partial charge on any atom is 0.333 e. The number of carboxylic acids is 1. The lowest BCUT2D eigenvalue weighted by Gasteiger charge is -2.26. The molecule has 2 rings (SSSR count). The van der Waals surface area contributed by atoms with E-state index in [2.05, 4.69) is 10.4 Å². The third-order valence-electron chi connectivity index (χ3n) is 3.47. The normalized spacial score (nSPS) is 13.5. The highest BCUT2D eigenvalue weighted by Gasteiger charge is 2.37. The molecular weight excluding hydrogens is 289 g/mol. The summed E-state index contributed by atoms with van der Waals surface area (Å²) >= 11 is 0. The molecule has 7 heteroatoms. The lowest BCUT2D eigenvalue weighted by atomic mass is 9.91. The van der Waals surface area contributed by atoms with Gasteiger partial charge in [0.15, 0.2) is 5.54 Å². The summed E-state index contributed by atoms with van der Waals surface area (Å²) < 4.78 is 14.5. The Balaban J connectivity index is 2.36. The number of carbonyl (C=O) groups is 2. The van der Waals surface area contributed by atoms with E-state index in [1.807, 2.05) is 0 Å². The van der Waals surface area contributed by atoms with Crippen LogP contribution < -0.4 is 5.32 Å². The molecule has 0 saturated heterocycles. The number of aromatic nitrogens is 2. The molecule has 1 atom stereocenters. The summed E-state index contributed by atoms with van der Waals surface area (Å²) in [7, 11) is 1.67. The van der Waals surface area contributed by atoms with Crippen LogP contribution in [-0.4, -0.2) is 26.8 Å². The Hall–Kier alpha value is -2.70. The van der Waals surface area contributed by atoms with Crippen molar-refractivity contribution >= 4 is 11.9 Å². The average molecular weight is 305 g/mol. The van der Waals surface area contributed by atoms with Crippen LogP contribution in [0.25, 0.3) is 0 Å². The van der Waals surface area contributed by atoms with Crippen molar-refractivity contribution in [2.45, 2.75) is 19.4 Å². The third-order valence-corrected chi connectivity index (χ3v) is 3.47. The summed E-state index contributed by atoms with van der Waals surface area (Å²) in [4.78, 5) is 24.0. The van der Waals surface area contributed by atoms with Gasteiger partial charge >= 0.3 is 5.97 Å². The van der Waals surface area contributed by atoms with Gasteiger partial charge in [-0.2, -0.15) is 5.10 Å². The van der Waals surface area contributed by atoms with Gasteiger partial charge in [0.1, 0.15) is 5.82 Å². The highest BCUT2D eigenvalue weighted by Crippen LogP contribution is 2.22. The van der Waals surface area contributed by atoms with Gasteiger partial charge in [-0.1, -0.05) is 12.1 Å². The molecule has 6 nitrogen and oxygen atoms in total. The number of hydrogen-bond donors (Lipinski definition) is 2. The molecule has 0 bridgehead atoms. The van der Waals surface area contributed by atoms with Gasteiger partial charge in [-0.05, 0) is 31.5 Å². The summed E-state index contributed by atoms with van der Waals surface area (Å²) in [6.07, 6.45) is 1.51. The van der Waals surface area contributed by atoms with Crippen LogP contribution in [0.1, 0.15) is 28.5 Å². The highest BCUT2D eigenvalue weighted by atomic mass is 19.1. The van der Waals surface area contributed by atoms with Crippen LogP contribution in [0.15, 0.2) is 30.5 Å². The van der Waals surface area contributed by atoms with Crippen molar-refractivity contribution in [2.75, 3.05) is 0 Å². The van der Waals surface area contributed by atoms with Crippen LogP contribution in [0.3, 0.4) is 0 Å². The van der Waals surface area contributed by atoms with Crippen LogP contribution >= 0.6 is 0 Å². The van der Waals surface area contributed by atoms with Gasteiger partial charge in [-0.25, -0.2) is 9.18 Å². The van der Waals surface area contributed by atoms with E-state index in [9.17, 15) is 19.1 Å². The Bertz CT molecular complexity index is 724. The van der Waals surface area contributed by atoms with Gasteiger partial charge in [0.2, 0.25) is 0 Å². The van der Waals surface area contributed by atoms with E-state index in [0.717, 1.165) is 12.1 Å². The lowest BCUT2D eigenvalue weighted by Crippen LogP contribution is -2.49. The molecule has 1 aromatic carbocycles. The van der Waals surface area contributed by atoms with Crippen molar-refractivity contribution in [2.24, 2.45) is 7.05 Å². The number of carbonyl (C=O) groups excluding carboxylic acids is 1. The lowest BCUT2D eigenvalue weighted by molar-refractivity contribution is -0.144. The van der Waals surface area contributed by atoms with Crippen molar-refractivity contribution in [3.8, 4) is 0 Å². The Morgan fingerprint density at radius 1 is 1.32 bits per heavy atom. The minimum absolute atomic E-state index is 0.274. The summed E-state index contributed by atoms with van der Waals surface area (Å²) in [5.74, 6) is -2.28. The number of nitrogens with one attached hydrogen (secondary N) is 1. The standard InChI is InChI=1S/C15H16FN3O3/c1-9-12(8-19(3)18-9)13(20)17-15(2,14(21)22)10-4-6-11(16)7-5-10/h4-8H,1-3H3,(H,17,20)(H,21,22). The molecule has 2 aromatic rings. The number of rotatable bonds is 4. The first-order chi connectivity index (χ1) is 10.2. The third kappa shape index (κ3) is 2.83. The molecule has 1 aromatic heterocycles. The van der Waals surface area contributed by atoms with Crippen LogP contribution in [0.2, 0.25) is 0 Å². The monoisotopic (exact) mass is 305 g/mol. The molecule has 0 fully saturated rings. The van der Waals surface area contributed by atoms with Crippen molar-refractivity contribution in [3.63, 3.8) is 0 Å². The summed E-state index contributed by atoms with van der Waals surface area (Å²) in [5.41, 5.74) is -0.618. The number of benzene rings is 1. The zero-order valence-electron chi connectivity index (χ0n) is 12.4. The zero-order valence-corrected chi connectivity index (χ0v) is 12.4. The maximum atomic E-state index is 13.0. The molecule has 0 aliphatic rings. The smallest absolute Gasteiger partial charge is 0.333 e. The molecule has 22 heavy (non-hydrogen) atoms. The number of aliphatic carboxylic acids is 1. The Kier molecular flexibility index (Phi) is 3.99. The molecule has 0 aliphatic heterocycles. The van der Waals surface area contributed by atoms with E-state index in [4.69, 9.17) is 0 Å². The molecule has 1 amide bonds. The first-order valence-corrected chi connectivity index (χ1v) is 6.56. The van der Waals surface area contributed by atoms with E-state index in [1.165, 1.54) is 29.9 Å². The van der Waals surface area contributed by atoms with Crippen LogP contribution in [-0.2, 0) is 17.4 Å². The zero-order chi connectivity index (χ0) is 16.5. The Morgan fingerprint density at radius 2 is 1.91 bits per heavy atom. The largest absolute Gasteiger partial charge is 0.479 e. The second kappa shape index (κ2) is 5.59. The number of nitrogens with zero attached hydrogens (tertiary/aromatic N) is 2. The molecule has 0 radical (unpaired) electrons. The van der Waals surface area contributed by atoms with Gasteiger partial charge in [0, 0.05) is 13.2 Å². The predicted octanol–water partition coefficient (Wildman–Crippen LogP) is 1.60. The molecule has 0 spiro atoms. The minimum atomic E-state index is -1.67. The minimum Gasteiger partial charge on any atom is -0.479 e. The molecule has 0 aliphatic carbocycles. The topological polar surface area (TPSA) is 84.2 Å². The van der Waals surface area contributed by atoms with E-state index in [-0.39, 0.29) is 11.1 Å². The molecule has 116 valence electrons. The van der Waals surface area contributed by atoms with Gasteiger partial charge in [-0.15, -0.1) is 0 Å². The van der Waals surface area contributed by atoms with Crippen LogP contribution in [0, 0.1) is 12.7 Å². The number of aryl methyl sites for hydroxylation is 2. The second-order valence-corrected chi connectivity index (χ2v) is 5.19. The predicted molar refractivity (Wildman–Crippen MR) is 76.8 cm³/mol. The quantitative estimate of drug-likeness (QED) is 0.898. The molecule has 0 saturated carbocycles. The van der Waals surface area contributed by atoms with Gasteiger partial charge in [0.05, 0.1) is 11.3 Å². The van der Waals surface area contributed by atoms with Crippen molar-refractivity contribution in [1.82, 2.24) is 15.1 Å². The molecule has 1 unspecified atom stereocenters. The summed E-state index contributed by atoms with van der Waals surface area (Å²) in [5, 5.41) is 16.0. The van der Waals surface area contributed by atoms with E-state index in [1.54, 1.807) is 14.0 Å². The Morgan fingerprint density at radius 3 is 2.36 bits per heavy atom. The molecule has 1 heterocycles. The summed E-state index contributed by atoms with van der Waals surface area (Å²) in [6.45, 7) is 3.01. The van der Waals surface area contributed by atoms with Gasteiger partial charge < -0.3 is 10.4 Å². The van der Waals surface area contributed by atoms with E-state index >= 15 is 0 Å². The second-order valence-electron chi connectivity index (χ2n) is 5.19. The summed E-state index contributed by atoms with van der Waals surface area (Å²) in [6, 6.07) is 4.97.